The second-order valence-corrected chi connectivity index (χ2v) is 16.2. The van der Waals surface area contributed by atoms with Crippen LogP contribution in [-0.4, -0.2) is 84.8 Å². The van der Waals surface area contributed by atoms with Crippen LogP contribution in [0.5, 0.6) is 5.75 Å². The number of fused-ring (bicyclic) bond motifs is 1. The maximum Gasteiger partial charge on any atom is 0.411 e. The minimum atomic E-state index is -0.466. The quantitative estimate of drug-likeness (QED) is 0.0626. The largest absolute Gasteiger partial charge is 0.506 e. The number of phenols is 1. The first-order valence-electron chi connectivity index (χ1n) is 21.7. The van der Waals surface area contributed by atoms with Crippen molar-refractivity contribution in [1.29, 1.82) is 0 Å². The highest BCUT2D eigenvalue weighted by atomic mass is 16.6. The molecule has 3 amide bonds. The van der Waals surface area contributed by atoms with Gasteiger partial charge in [0.15, 0.2) is 0 Å². The number of amides is 3. The van der Waals surface area contributed by atoms with Gasteiger partial charge in [-0.1, -0.05) is 78.9 Å². The molecule has 12 nitrogen and oxygen atoms in total. The van der Waals surface area contributed by atoms with E-state index in [1.807, 2.05) is 66.7 Å². The molecule has 1 aliphatic heterocycles. The van der Waals surface area contributed by atoms with Gasteiger partial charge in [0.25, 0.3) is 5.91 Å². The van der Waals surface area contributed by atoms with Gasteiger partial charge in [0.05, 0.1) is 11.2 Å². The summed E-state index contributed by atoms with van der Waals surface area (Å²) in [5.41, 5.74) is 7.51. The zero-order valence-electron chi connectivity index (χ0n) is 35.9. The molecule has 12 heteroatoms. The minimum absolute atomic E-state index is 0.0168. The van der Waals surface area contributed by atoms with Gasteiger partial charge in [0.2, 0.25) is 11.5 Å². The van der Waals surface area contributed by atoms with Gasteiger partial charge in [0, 0.05) is 74.0 Å². The molecule has 1 aliphatic rings. The fourth-order valence-electron chi connectivity index (χ4n) is 8.13. The predicted molar refractivity (Wildman–Crippen MR) is 249 cm³/mol. The van der Waals surface area contributed by atoms with Crippen molar-refractivity contribution in [1.82, 2.24) is 20.5 Å². The monoisotopic (exact) mass is 848 g/mol. The molecule has 7 rings (SSSR count). The zero-order chi connectivity index (χ0) is 44.1. The Bertz CT molecular complexity index is 2550. The van der Waals surface area contributed by atoms with E-state index in [0.29, 0.717) is 55.5 Å². The number of likely N-dealkylation sites (tertiary alicyclic amines) is 1. The molecule has 2 heterocycles. The molecule has 0 bridgehead atoms. The van der Waals surface area contributed by atoms with Gasteiger partial charge in [-0.05, 0) is 110 Å². The van der Waals surface area contributed by atoms with Gasteiger partial charge in [-0.2, -0.15) is 0 Å². The lowest BCUT2D eigenvalue weighted by atomic mass is 10.0. The summed E-state index contributed by atoms with van der Waals surface area (Å²) in [5.74, 6) is -0.119. The number of piperidine rings is 1. The standard InChI is InChI=1S/C51H56N6O6/c1-35(52-29-24-39-17-21-46(58)49-44(39)20-22-47(59)55-49)33-37-10-8-9-36(34-37)23-28-53-50(61)40-15-18-41(19-16-40)56(2)48(60)27-32-57-30-25-42(26-31-57)63-51(62)54-45-14-7-6-13-43(45)38-11-4-3-5-12-38/h3-22,34-35,42,52,58H,23-33H2,1-2H3,(H,53,61)(H,54,62)(H,55,59). The number of nitrogens with zero attached hydrogens (tertiary/aromatic N) is 2. The van der Waals surface area contributed by atoms with Gasteiger partial charge in [-0.25, -0.2) is 4.79 Å². The lowest BCUT2D eigenvalue weighted by Crippen LogP contribution is -2.40. The van der Waals surface area contributed by atoms with Crippen LogP contribution < -0.4 is 26.4 Å². The number of ether oxygens (including phenoxy) is 1. The first-order chi connectivity index (χ1) is 30.6. The number of para-hydroxylation sites is 1. The van der Waals surface area contributed by atoms with Crippen molar-refractivity contribution < 1.29 is 24.2 Å². The Labute approximate surface area is 368 Å². The van der Waals surface area contributed by atoms with E-state index in [1.54, 1.807) is 48.3 Å². The number of carbonyl (C=O) groups is 3. The van der Waals surface area contributed by atoms with Gasteiger partial charge < -0.3 is 35.3 Å². The average molecular weight is 849 g/mol. The van der Waals surface area contributed by atoms with E-state index in [0.717, 1.165) is 65.8 Å². The molecular formula is C51H56N6O6. The van der Waals surface area contributed by atoms with Crippen molar-refractivity contribution in [3.05, 3.63) is 160 Å². The number of carbonyl (C=O) groups excluding carboxylic acids is 3. The van der Waals surface area contributed by atoms with Crippen molar-refractivity contribution in [2.24, 2.45) is 0 Å². The van der Waals surface area contributed by atoms with E-state index in [9.17, 15) is 24.3 Å². The second kappa shape index (κ2) is 21.4. The molecule has 6 aromatic rings. The number of hydrogen-bond donors (Lipinski definition) is 5. The molecule has 0 spiro atoms. The number of nitrogens with one attached hydrogen (secondary N) is 4. The Morgan fingerprint density at radius 3 is 2.38 bits per heavy atom. The van der Waals surface area contributed by atoms with Crippen LogP contribution in [0.4, 0.5) is 16.2 Å². The topological polar surface area (TPSA) is 156 Å². The SMILES string of the molecule is CC(Cc1cccc(CCNC(=O)c2ccc(N(C)C(=O)CCN3CCC(OC(=O)Nc4ccccc4-c4ccccc4)CC3)cc2)c1)NCCc1ccc(O)c2[nH]c(=O)ccc12. The minimum Gasteiger partial charge on any atom is -0.506 e. The van der Waals surface area contributed by atoms with Crippen molar-refractivity contribution in [3.8, 4) is 16.9 Å². The number of pyridine rings is 1. The molecule has 5 N–H and O–H groups in total. The van der Waals surface area contributed by atoms with E-state index >= 15 is 0 Å². The number of anilines is 2. The van der Waals surface area contributed by atoms with Crippen LogP contribution in [0.25, 0.3) is 22.0 Å². The van der Waals surface area contributed by atoms with Gasteiger partial charge in [-0.3, -0.25) is 19.7 Å². The molecule has 0 aliphatic carbocycles. The lowest BCUT2D eigenvalue weighted by Gasteiger charge is -2.31. The third kappa shape index (κ3) is 12.2. The highest BCUT2D eigenvalue weighted by Crippen LogP contribution is 2.28. The van der Waals surface area contributed by atoms with Crippen LogP contribution in [0, 0.1) is 0 Å². The second-order valence-electron chi connectivity index (χ2n) is 16.2. The molecule has 63 heavy (non-hydrogen) atoms. The Morgan fingerprint density at radius 1 is 0.841 bits per heavy atom. The number of hydrogen-bond acceptors (Lipinski definition) is 8. The van der Waals surface area contributed by atoms with Crippen molar-refractivity contribution >= 4 is 40.2 Å². The molecule has 1 fully saturated rings. The highest BCUT2D eigenvalue weighted by molar-refractivity contribution is 5.96. The van der Waals surface area contributed by atoms with Crippen molar-refractivity contribution in [2.75, 3.05) is 50.0 Å². The Morgan fingerprint density at radius 2 is 1.59 bits per heavy atom. The Kier molecular flexibility index (Phi) is 15.0. The van der Waals surface area contributed by atoms with Crippen LogP contribution >= 0.6 is 0 Å². The number of aromatic nitrogens is 1. The number of aromatic hydroxyl groups is 1. The number of phenolic OH excluding ortho intramolecular Hbond substituents is 1. The Hall–Kier alpha value is -6.76. The normalized spacial score (nSPS) is 13.6. The van der Waals surface area contributed by atoms with E-state index < -0.39 is 6.09 Å². The molecule has 5 aromatic carbocycles. The molecule has 0 radical (unpaired) electrons. The highest BCUT2D eigenvalue weighted by Gasteiger charge is 2.24. The summed E-state index contributed by atoms with van der Waals surface area (Å²) in [6.07, 6.45) is 3.36. The summed E-state index contributed by atoms with van der Waals surface area (Å²) in [7, 11) is 1.75. The summed E-state index contributed by atoms with van der Waals surface area (Å²) in [4.78, 5) is 57.3. The maximum absolute atomic E-state index is 13.2. The average Bonchev–Trinajstić information content (AvgIpc) is 3.30. The summed E-state index contributed by atoms with van der Waals surface area (Å²) < 4.78 is 5.78. The molecule has 0 saturated carbocycles. The van der Waals surface area contributed by atoms with Gasteiger partial charge >= 0.3 is 6.09 Å². The lowest BCUT2D eigenvalue weighted by molar-refractivity contribution is -0.118. The molecule has 1 atom stereocenters. The Balaban J connectivity index is 0.784. The molecule has 326 valence electrons. The number of aromatic amines is 1. The van der Waals surface area contributed by atoms with Crippen molar-refractivity contribution in [2.45, 2.75) is 57.6 Å². The van der Waals surface area contributed by atoms with Crippen LogP contribution in [0.2, 0.25) is 0 Å². The zero-order valence-corrected chi connectivity index (χ0v) is 35.9. The van der Waals surface area contributed by atoms with E-state index in [-0.39, 0.29) is 35.3 Å². The van der Waals surface area contributed by atoms with E-state index in [4.69, 9.17) is 4.74 Å². The third-order valence-electron chi connectivity index (χ3n) is 11.7. The van der Waals surface area contributed by atoms with Gasteiger partial charge in [0.1, 0.15) is 11.9 Å². The van der Waals surface area contributed by atoms with Crippen LogP contribution in [0.15, 0.2) is 132 Å². The fourth-order valence-corrected chi connectivity index (χ4v) is 8.13. The first-order valence-corrected chi connectivity index (χ1v) is 21.7. The predicted octanol–water partition coefficient (Wildman–Crippen LogP) is 7.70. The summed E-state index contributed by atoms with van der Waals surface area (Å²) >= 11 is 0. The van der Waals surface area contributed by atoms with Gasteiger partial charge in [-0.15, -0.1) is 0 Å². The molecular weight excluding hydrogens is 793 g/mol. The number of H-pyrrole nitrogens is 1. The van der Waals surface area contributed by atoms with Crippen molar-refractivity contribution in [3.63, 3.8) is 0 Å². The van der Waals surface area contributed by atoms with E-state index in [1.165, 1.54) is 11.6 Å². The fraction of sp³-hybridized carbons (Fsp3) is 0.294. The molecule has 1 aromatic heterocycles. The molecule has 1 unspecified atom stereocenters. The number of benzene rings is 5. The summed E-state index contributed by atoms with van der Waals surface area (Å²) in [6.45, 7) is 5.46. The third-order valence-corrected chi connectivity index (χ3v) is 11.7. The smallest absolute Gasteiger partial charge is 0.411 e. The van der Waals surface area contributed by atoms with E-state index in [2.05, 4.69) is 51.0 Å². The van der Waals surface area contributed by atoms with Crippen LogP contribution in [0.1, 0.15) is 53.2 Å². The first kappa shape index (κ1) is 44.3. The summed E-state index contributed by atoms with van der Waals surface area (Å²) in [5, 5.41) is 20.5. The molecule has 1 saturated heterocycles. The maximum atomic E-state index is 13.2. The van der Waals surface area contributed by atoms with Crippen LogP contribution in [0.3, 0.4) is 0 Å². The summed E-state index contributed by atoms with van der Waals surface area (Å²) in [6, 6.07) is 40.1. The van der Waals surface area contributed by atoms with Crippen LogP contribution in [-0.2, 0) is 28.8 Å². The number of rotatable bonds is 17.